The number of ether oxygens (including phenoxy) is 1. The molecule has 0 saturated carbocycles. The fourth-order valence-electron chi connectivity index (χ4n) is 2.66. The number of halogens is 2. The molecule has 0 fully saturated rings. The second kappa shape index (κ2) is 9.51. The number of amides is 2. The van der Waals surface area contributed by atoms with Gasteiger partial charge < -0.3 is 20.7 Å². The van der Waals surface area contributed by atoms with E-state index in [-0.39, 0.29) is 18.1 Å². The fraction of sp³-hybridized carbons (Fsp3) is 0.0909. The highest BCUT2D eigenvalue weighted by Gasteiger charge is 2.13. The van der Waals surface area contributed by atoms with Gasteiger partial charge in [-0.3, -0.25) is 9.59 Å². The number of benzene rings is 3. The van der Waals surface area contributed by atoms with Crippen molar-refractivity contribution in [2.45, 2.75) is 0 Å². The van der Waals surface area contributed by atoms with Gasteiger partial charge in [-0.2, -0.15) is 0 Å². The third kappa shape index (κ3) is 5.32. The highest BCUT2D eigenvalue weighted by molar-refractivity contribution is 6.08. The molecule has 0 unspecified atom stereocenters. The molecule has 154 valence electrons. The summed E-state index contributed by atoms with van der Waals surface area (Å²) >= 11 is 0. The number of methoxy groups -OCH3 is 1. The topological polar surface area (TPSA) is 79.5 Å². The van der Waals surface area contributed by atoms with Crippen molar-refractivity contribution in [1.29, 1.82) is 0 Å². The van der Waals surface area contributed by atoms with Gasteiger partial charge in [0.15, 0.2) is 11.6 Å². The number of carbonyl (C=O) groups is 2. The second-order valence-electron chi connectivity index (χ2n) is 6.26. The van der Waals surface area contributed by atoms with Crippen molar-refractivity contribution < 1.29 is 23.1 Å². The largest absolute Gasteiger partial charge is 0.497 e. The summed E-state index contributed by atoms with van der Waals surface area (Å²) < 4.78 is 31.3. The average Bonchev–Trinajstić information content (AvgIpc) is 2.75. The maximum Gasteiger partial charge on any atom is 0.257 e. The Morgan fingerprint density at radius 1 is 0.867 bits per heavy atom. The molecule has 0 spiro atoms. The Kier molecular flexibility index (Phi) is 6.59. The Balaban J connectivity index is 1.63. The van der Waals surface area contributed by atoms with Crippen LogP contribution in [0.2, 0.25) is 0 Å². The summed E-state index contributed by atoms with van der Waals surface area (Å²) in [4.78, 5) is 24.7. The van der Waals surface area contributed by atoms with Crippen LogP contribution in [0.4, 0.5) is 25.8 Å². The molecule has 6 nitrogen and oxygen atoms in total. The van der Waals surface area contributed by atoms with Crippen LogP contribution in [0.3, 0.4) is 0 Å². The molecule has 3 aromatic rings. The Morgan fingerprint density at radius 3 is 2.27 bits per heavy atom. The molecule has 0 aromatic heterocycles. The van der Waals surface area contributed by atoms with Crippen LogP contribution in [-0.2, 0) is 4.79 Å². The lowest BCUT2D eigenvalue weighted by atomic mass is 10.1. The van der Waals surface area contributed by atoms with Gasteiger partial charge in [0, 0.05) is 23.1 Å². The molecule has 8 heteroatoms. The zero-order valence-corrected chi connectivity index (χ0v) is 16.0. The first-order valence-electron chi connectivity index (χ1n) is 8.99. The fourth-order valence-corrected chi connectivity index (χ4v) is 2.66. The molecule has 0 saturated heterocycles. The monoisotopic (exact) mass is 411 g/mol. The summed E-state index contributed by atoms with van der Waals surface area (Å²) in [6.45, 7) is -0.175. The van der Waals surface area contributed by atoms with E-state index in [0.29, 0.717) is 22.7 Å². The minimum atomic E-state index is -1.05. The average molecular weight is 411 g/mol. The van der Waals surface area contributed by atoms with Gasteiger partial charge in [0.05, 0.1) is 19.2 Å². The summed E-state index contributed by atoms with van der Waals surface area (Å²) in [6, 6.07) is 16.7. The standard InChI is InChI=1S/C22H19F2N3O3/c1-30-16-9-6-14(7-10-16)27-22(29)17-4-2-3-5-20(17)25-13-21(28)26-15-8-11-18(23)19(24)12-15/h2-12,25H,13H2,1H3,(H,26,28)(H,27,29). The van der Waals surface area contributed by atoms with E-state index in [0.717, 1.165) is 12.1 Å². The maximum absolute atomic E-state index is 13.3. The number of nitrogens with one attached hydrogen (secondary N) is 3. The molecule has 0 aliphatic heterocycles. The molecule has 0 heterocycles. The van der Waals surface area contributed by atoms with Crippen molar-refractivity contribution in [3.8, 4) is 5.75 Å². The molecule has 2 amide bonds. The minimum Gasteiger partial charge on any atom is -0.497 e. The van der Waals surface area contributed by atoms with Crippen LogP contribution >= 0.6 is 0 Å². The molecule has 0 aliphatic rings. The zero-order chi connectivity index (χ0) is 21.5. The highest BCUT2D eigenvalue weighted by atomic mass is 19.2. The normalized spacial score (nSPS) is 10.2. The van der Waals surface area contributed by atoms with Crippen LogP contribution < -0.4 is 20.7 Å². The first-order chi connectivity index (χ1) is 14.5. The van der Waals surface area contributed by atoms with Crippen LogP contribution in [0.1, 0.15) is 10.4 Å². The predicted molar refractivity (Wildman–Crippen MR) is 111 cm³/mol. The number of carbonyl (C=O) groups excluding carboxylic acids is 2. The third-order valence-corrected chi connectivity index (χ3v) is 4.16. The number of rotatable bonds is 7. The first kappa shape index (κ1) is 20.8. The predicted octanol–water partition coefficient (Wildman–Crippen LogP) is 4.28. The van der Waals surface area contributed by atoms with E-state index < -0.39 is 17.5 Å². The van der Waals surface area contributed by atoms with Crippen molar-refractivity contribution in [1.82, 2.24) is 0 Å². The molecule has 0 atom stereocenters. The van der Waals surface area contributed by atoms with Crippen molar-refractivity contribution >= 4 is 28.9 Å². The number of para-hydroxylation sites is 1. The van der Waals surface area contributed by atoms with Gasteiger partial charge in [-0.25, -0.2) is 8.78 Å². The molecule has 3 aromatic carbocycles. The van der Waals surface area contributed by atoms with Crippen LogP contribution in [0.25, 0.3) is 0 Å². The smallest absolute Gasteiger partial charge is 0.257 e. The lowest BCUT2D eigenvalue weighted by Gasteiger charge is -2.13. The highest BCUT2D eigenvalue weighted by Crippen LogP contribution is 2.19. The maximum atomic E-state index is 13.3. The van der Waals surface area contributed by atoms with E-state index in [1.807, 2.05) is 0 Å². The summed E-state index contributed by atoms with van der Waals surface area (Å²) in [5.74, 6) is -2.22. The number of anilines is 3. The van der Waals surface area contributed by atoms with Gasteiger partial charge in [0.25, 0.3) is 5.91 Å². The van der Waals surface area contributed by atoms with Crippen molar-refractivity contribution in [3.05, 3.63) is 83.9 Å². The Labute approximate surface area is 171 Å². The Morgan fingerprint density at radius 2 is 1.57 bits per heavy atom. The Hall–Kier alpha value is -3.94. The zero-order valence-electron chi connectivity index (χ0n) is 16.0. The molecule has 0 aliphatic carbocycles. The van der Waals surface area contributed by atoms with Crippen molar-refractivity contribution in [2.75, 3.05) is 29.6 Å². The quantitative estimate of drug-likeness (QED) is 0.542. The molecular weight excluding hydrogens is 392 g/mol. The van der Waals surface area contributed by atoms with Crippen molar-refractivity contribution in [2.24, 2.45) is 0 Å². The van der Waals surface area contributed by atoms with Crippen LogP contribution in [0, 0.1) is 11.6 Å². The SMILES string of the molecule is COc1ccc(NC(=O)c2ccccc2NCC(=O)Nc2ccc(F)c(F)c2)cc1. The summed E-state index contributed by atoms with van der Waals surface area (Å²) in [5.41, 5.74) is 1.51. The van der Waals surface area contributed by atoms with E-state index in [9.17, 15) is 18.4 Å². The van der Waals surface area contributed by atoms with Crippen molar-refractivity contribution in [3.63, 3.8) is 0 Å². The van der Waals surface area contributed by atoms with Crippen LogP contribution in [0.15, 0.2) is 66.7 Å². The Bertz CT molecular complexity index is 1060. The van der Waals surface area contributed by atoms with E-state index in [1.165, 1.54) is 6.07 Å². The number of hydrogen-bond donors (Lipinski definition) is 3. The van der Waals surface area contributed by atoms with Gasteiger partial charge in [0.1, 0.15) is 5.75 Å². The first-order valence-corrected chi connectivity index (χ1v) is 8.99. The van der Waals surface area contributed by atoms with E-state index in [1.54, 1.807) is 55.6 Å². The van der Waals surface area contributed by atoms with Gasteiger partial charge >= 0.3 is 0 Å². The lowest BCUT2D eigenvalue weighted by molar-refractivity contribution is -0.114. The summed E-state index contributed by atoms with van der Waals surface area (Å²) in [7, 11) is 1.55. The molecule has 3 rings (SSSR count). The molecule has 0 bridgehead atoms. The van der Waals surface area contributed by atoms with Gasteiger partial charge in [-0.15, -0.1) is 0 Å². The second-order valence-corrected chi connectivity index (χ2v) is 6.26. The molecule has 30 heavy (non-hydrogen) atoms. The summed E-state index contributed by atoms with van der Waals surface area (Å²) in [6.07, 6.45) is 0. The van der Waals surface area contributed by atoms with Crippen LogP contribution in [0.5, 0.6) is 5.75 Å². The lowest BCUT2D eigenvalue weighted by Crippen LogP contribution is -2.23. The minimum absolute atomic E-state index is 0.131. The summed E-state index contributed by atoms with van der Waals surface area (Å²) in [5, 5.41) is 8.12. The third-order valence-electron chi connectivity index (χ3n) is 4.16. The van der Waals surface area contributed by atoms with Gasteiger partial charge in [-0.1, -0.05) is 12.1 Å². The van der Waals surface area contributed by atoms with Gasteiger partial charge in [-0.05, 0) is 48.5 Å². The number of hydrogen-bond acceptors (Lipinski definition) is 4. The van der Waals surface area contributed by atoms with Gasteiger partial charge in [0.2, 0.25) is 5.91 Å². The molecular formula is C22H19F2N3O3. The van der Waals surface area contributed by atoms with E-state index in [2.05, 4.69) is 16.0 Å². The van der Waals surface area contributed by atoms with E-state index in [4.69, 9.17) is 4.74 Å². The molecule has 0 radical (unpaired) electrons. The van der Waals surface area contributed by atoms with Crippen LogP contribution in [-0.4, -0.2) is 25.5 Å². The van der Waals surface area contributed by atoms with E-state index >= 15 is 0 Å². The molecule has 3 N–H and O–H groups in total.